The van der Waals surface area contributed by atoms with Crippen molar-refractivity contribution in [3.05, 3.63) is 70.7 Å². The number of para-hydroxylation sites is 1. The van der Waals surface area contributed by atoms with Gasteiger partial charge in [-0.25, -0.2) is 13.8 Å². The number of fused-ring (bicyclic) bond motifs is 1. The van der Waals surface area contributed by atoms with Gasteiger partial charge < -0.3 is 4.90 Å². The van der Waals surface area contributed by atoms with Crippen LogP contribution in [0.15, 0.2) is 48.5 Å². The first kappa shape index (κ1) is 17.8. The Bertz CT molecular complexity index is 961. The maximum Gasteiger partial charge on any atom is 0.247 e. The zero-order valence-corrected chi connectivity index (χ0v) is 15.4. The number of carbonyl (C=O) groups excluding carboxylic acids is 1. The van der Waals surface area contributed by atoms with E-state index in [0.717, 1.165) is 34.5 Å². The van der Waals surface area contributed by atoms with Gasteiger partial charge in [-0.3, -0.25) is 4.79 Å². The molecule has 0 unspecified atom stereocenters. The number of hydrogen-bond acceptors (Lipinski definition) is 3. The largest absolute Gasteiger partial charge is 0.330 e. The highest BCUT2D eigenvalue weighted by molar-refractivity contribution is 7.18. The van der Waals surface area contributed by atoms with Crippen LogP contribution in [0.2, 0.25) is 0 Å². The van der Waals surface area contributed by atoms with E-state index in [0.29, 0.717) is 6.54 Å². The Morgan fingerprint density at radius 2 is 1.89 bits per heavy atom. The third kappa shape index (κ3) is 3.62. The van der Waals surface area contributed by atoms with E-state index >= 15 is 0 Å². The van der Waals surface area contributed by atoms with Crippen molar-refractivity contribution in [2.75, 3.05) is 6.54 Å². The Hall–Kier alpha value is -2.60. The molecular weight excluding hydrogens is 366 g/mol. The standard InChI is InChI=1S/C21H18F2N2OS/c22-15-6-5-7-16(23)14(15)11-12-20(26)25-13-4-3-9-18(25)21-24-17-8-1-2-10-19(17)27-21/h1-2,5-8,10-12,18H,3-4,9,13H2/b12-11+/t18-/m0/s1. The van der Waals surface area contributed by atoms with Gasteiger partial charge in [0.2, 0.25) is 5.91 Å². The van der Waals surface area contributed by atoms with E-state index in [1.54, 1.807) is 16.2 Å². The molecule has 1 aliphatic rings. The van der Waals surface area contributed by atoms with Gasteiger partial charge in [0.25, 0.3) is 0 Å². The van der Waals surface area contributed by atoms with Crippen LogP contribution in [0.25, 0.3) is 16.3 Å². The van der Waals surface area contributed by atoms with Crippen molar-refractivity contribution in [1.29, 1.82) is 0 Å². The van der Waals surface area contributed by atoms with Gasteiger partial charge in [0.05, 0.1) is 16.3 Å². The molecule has 1 atom stereocenters. The van der Waals surface area contributed by atoms with E-state index in [2.05, 4.69) is 0 Å². The number of carbonyl (C=O) groups is 1. The lowest BCUT2D eigenvalue weighted by Crippen LogP contribution is -2.37. The Morgan fingerprint density at radius 1 is 1.11 bits per heavy atom. The van der Waals surface area contributed by atoms with E-state index in [-0.39, 0.29) is 17.5 Å². The molecule has 2 heterocycles. The number of piperidine rings is 1. The SMILES string of the molecule is O=C(/C=C/c1c(F)cccc1F)N1CCCC[C@H]1c1nc2ccccc2s1. The van der Waals surface area contributed by atoms with Crippen LogP contribution in [0.1, 0.15) is 35.9 Å². The van der Waals surface area contributed by atoms with Gasteiger partial charge in [0.15, 0.2) is 0 Å². The van der Waals surface area contributed by atoms with Crippen molar-refractivity contribution >= 4 is 33.5 Å². The molecule has 0 saturated carbocycles. The summed E-state index contributed by atoms with van der Waals surface area (Å²) in [5.74, 6) is -1.61. The maximum absolute atomic E-state index is 13.8. The van der Waals surface area contributed by atoms with Gasteiger partial charge in [0.1, 0.15) is 16.6 Å². The normalized spacial score (nSPS) is 17.7. The first-order valence-corrected chi connectivity index (χ1v) is 9.73. The molecule has 0 aliphatic carbocycles. The molecule has 3 aromatic rings. The lowest BCUT2D eigenvalue weighted by molar-refractivity contribution is -0.129. The number of rotatable bonds is 3. The van der Waals surface area contributed by atoms with Crippen LogP contribution < -0.4 is 0 Å². The Kier molecular flexibility index (Phi) is 4.99. The summed E-state index contributed by atoms with van der Waals surface area (Å²) in [6.07, 6.45) is 5.25. The molecule has 1 fully saturated rings. The van der Waals surface area contributed by atoms with Crippen LogP contribution in [0.5, 0.6) is 0 Å². The average Bonchev–Trinajstić information content (AvgIpc) is 3.11. The highest BCUT2D eigenvalue weighted by Gasteiger charge is 2.29. The Morgan fingerprint density at radius 3 is 2.67 bits per heavy atom. The van der Waals surface area contributed by atoms with E-state index in [9.17, 15) is 13.6 Å². The molecule has 1 saturated heterocycles. The fraction of sp³-hybridized carbons (Fsp3) is 0.238. The van der Waals surface area contributed by atoms with E-state index in [4.69, 9.17) is 4.98 Å². The van der Waals surface area contributed by atoms with Crippen LogP contribution in [-0.2, 0) is 4.79 Å². The number of hydrogen-bond donors (Lipinski definition) is 0. The Balaban J connectivity index is 1.60. The maximum atomic E-state index is 13.8. The smallest absolute Gasteiger partial charge is 0.247 e. The van der Waals surface area contributed by atoms with Crippen molar-refractivity contribution in [1.82, 2.24) is 9.88 Å². The van der Waals surface area contributed by atoms with Crippen molar-refractivity contribution < 1.29 is 13.6 Å². The molecule has 138 valence electrons. The van der Waals surface area contributed by atoms with Gasteiger partial charge in [-0.2, -0.15) is 0 Å². The highest BCUT2D eigenvalue weighted by Crippen LogP contribution is 2.35. The zero-order valence-electron chi connectivity index (χ0n) is 14.6. The number of halogens is 2. The van der Waals surface area contributed by atoms with Crippen LogP contribution in [0.3, 0.4) is 0 Å². The van der Waals surface area contributed by atoms with Crippen molar-refractivity contribution in [2.45, 2.75) is 25.3 Å². The highest BCUT2D eigenvalue weighted by atomic mass is 32.1. The summed E-state index contributed by atoms with van der Waals surface area (Å²) in [4.78, 5) is 19.2. The molecule has 3 nitrogen and oxygen atoms in total. The summed E-state index contributed by atoms with van der Waals surface area (Å²) < 4.78 is 28.6. The fourth-order valence-corrected chi connectivity index (χ4v) is 4.52. The van der Waals surface area contributed by atoms with Crippen molar-refractivity contribution in [2.24, 2.45) is 0 Å². The van der Waals surface area contributed by atoms with E-state index in [1.807, 2.05) is 24.3 Å². The monoisotopic (exact) mass is 384 g/mol. The molecule has 6 heteroatoms. The molecule has 0 spiro atoms. The molecule has 0 bridgehead atoms. The van der Waals surface area contributed by atoms with Gasteiger partial charge in [0, 0.05) is 18.2 Å². The third-order valence-electron chi connectivity index (χ3n) is 4.77. The molecule has 1 amide bonds. The summed E-state index contributed by atoms with van der Waals surface area (Å²) >= 11 is 1.60. The van der Waals surface area contributed by atoms with Crippen LogP contribution >= 0.6 is 11.3 Å². The van der Waals surface area contributed by atoms with E-state index in [1.165, 1.54) is 30.4 Å². The molecule has 0 radical (unpaired) electrons. The lowest BCUT2D eigenvalue weighted by Gasteiger charge is -2.33. The zero-order chi connectivity index (χ0) is 18.8. The quantitative estimate of drug-likeness (QED) is 0.571. The molecule has 0 N–H and O–H groups in total. The lowest BCUT2D eigenvalue weighted by atomic mass is 10.0. The van der Waals surface area contributed by atoms with Gasteiger partial charge in [-0.15, -0.1) is 11.3 Å². The number of likely N-dealkylation sites (tertiary alicyclic amines) is 1. The topological polar surface area (TPSA) is 33.2 Å². The fourth-order valence-electron chi connectivity index (χ4n) is 3.40. The summed E-state index contributed by atoms with van der Waals surface area (Å²) in [6, 6.07) is 11.5. The summed E-state index contributed by atoms with van der Waals surface area (Å²) in [7, 11) is 0. The van der Waals surface area contributed by atoms with Crippen LogP contribution in [0, 0.1) is 11.6 Å². The predicted molar refractivity (Wildman–Crippen MR) is 103 cm³/mol. The molecule has 1 aromatic heterocycles. The van der Waals surface area contributed by atoms with Crippen molar-refractivity contribution in [3.8, 4) is 0 Å². The molecular formula is C21H18F2N2OS. The summed E-state index contributed by atoms with van der Waals surface area (Å²) in [5.41, 5.74) is 0.735. The van der Waals surface area contributed by atoms with Crippen LogP contribution in [0.4, 0.5) is 8.78 Å². The minimum absolute atomic E-state index is 0.0984. The minimum atomic E-state index is -0.680. The van der Waals surface area contributed by atoms with Gasteiger partial charge >= 0.3 is 0 Å². The summed E-state index contributed by atoms with van der Waals surface area (Å²) in [6.45, 7) is 0.615. The van der Waals surface area contributed by atoms with Gasteiger partial charge in [-0.1, -0.05) is 18.2 Å². The third-order valence-corrected chi connectivity index (χ3v) is 5.91. The average molecular weight is 384 g/mol. The number of amides is 1. The molecule has 2 aromatic carbocycles. The molecule has 4 rings (SSSR count). The second-order valence-electron chi connectivity index (χ2n) is 6.53. The second kappa shape index (κ2) is 7.56. The molecule has 27 heavy (non-hydrogen) atoms. The van der Waals surface area contributed by atoms with Crippen LogP contribution in [-0.4, -0.2) is 22.3 Å². The Labute approximate surface area is 160 Å². The first-order valence-electron chi connectivity index (χ1n) is 8.91. The number of aromatic nitrogens is 1. The predicted octanol–water partition coefficient (Wildman–Crippen LogP) is 5.34. The molecule has 1 aliphatic heterocycles. The minimum Gasteiger partial charge on any atom is -0.330 e. The summed E-state index contributed by atoms with van der Waals surface area (Å²) in [5, 5.41) is 0.912. The van der Waals surface area contributed by atoms with Crippen molar-refractivity contribution in [3.63, 3.8) is 0 Å². The van der Waals surface area contributed by atoms with Gasteiger partial charge in [-0.05, 0) is 49.6 Å². The second-order valence-corrected chi connectivity index (χ2v) is 7.59. The number of thiazole rings is 1. The number of benzene rings is 2. The first-order chi connectivity index (χ1) is 13.1. The van der Waals surface area contributed by atoms with E-state index < -0.39 is 11.6 Å². The number of nitrogens with zero attached hydrogens (tertiary/aromatic N) is 2.